The van der Waals surface area contributed by atoms with Gasteiger partial charge in [-0.05, 0) is 38.3 Å². The molecule has 106 valence electrons. The first-order valence-corrected chi connectivity index (χ1v) is 7.16. The molecule has 1 aliphatic heterocycles. The molecule has 1 saturated heterocycles. The second-order valence-electron chi connectivity index (χ2n) is 5.50. The van der Waals surface area contributed by atoms with E-state index in [9.17, 15) is 4.79 Å². The van der Waals surface area contributed by atoms with Crippen LogP contribution in [0.25, 0.3) is 0 Å². The third-order valence-electron chi connectivity index (χ3n) is 3.77. The minimum absolute atomic E-state index is 0.0359. The van der Waals surface area contributed by atoms with Gasteiger partial charge in [-0.15, -0.1) is 0 Å². The van der Waals surface area contributed by atoms with E-state index in [4.69, 9.17) is 0 Å². The molecule has 5 nitrogen and oxygen atoms in total. The summed E-state index contributed by atoms with van der Waals surface area (Å²) >= 11 is 0. The molecule has 0 aromatic carbocycles. The summed E-state index contributed by atoms with van der Waals surface area (Å²) in [5.41, 5.74) is 0. The van der Waals surface area contributed by atoms with Crippen LogP contribution in [-0.4, -0.2) is 46.8 Å². The van der Waals surface area contributed by atoms with Gasteiger partial charge in [0.15, 0.2) is 0 Å². The zero-order chi connectivity index (χ0) is 13.7. The van der Waals surface area contributed by atoms with E-state index in [1.165, 1.54) is 12.8 Å². The number of nitrogens with one attached hydrogen (secondary N) is 1. The molecule has 1 aromatic rings. The molecule has 0 radical (unpaired) electrons. The summed E-state index contributed by atoms with van der Waals surface area (Å²) in [5.74, 6) is 0.821. The Morgan fingerprint density at radius 2 is 2.42 bits per heavy atom. The lowest BCUT2D eigenvalue weighted by Gasteiger charge is -2.30. The summed E-state index contributed by atoms with van der Waals surface area (Å²) in [6.07, 6.45) is 6.12. The maximum Gasteiger partial charge on any atom is 0.244 e. The van der Waals surface area contributed by atoms with Crippen molar-refractivity contribution in [1.29, 1.82) is 0 Å². The van der Waals surface area contributed by atoms with Crippen LogP contribution in [0.5, 0.6) is 0 Å². The standard InChI is InChI=1S/C14H24N4O/c1-12-5-3-8-17(11-12)10-7-15-14(19)13(2)18-9-4-6-16-18/h4,6,9,12-13H,3,5,7-8,10-11H2,1-2H3,(H,15,19). The van der Waals surface area contributed by atoms with Gasteiger partial charge in [-0.3, -0.25) is 9.48 Å². The van der Waals surface area contributed by atoms with Crippen molar-refractivity contribution < 1.29 is 4.79 Å². The van der Waals surface area contributed by atoms with Crippen molar-refractivity contribution in [3.8, 4) is 0 Å². The molecule has 0 saturated carbocycles. The van der Waals surface area contributed by atoms with Crippen LogP contribution in [0.2, 0.25) is 0 Å². The van der Waals surface area contributed by atoms with E-state index < -0.39 is 0 Å². The molecule has 0 bridgehead atoms. The average molecular weight is 264 g/mol. The van der Waals surface area contributed by atoms with Crippen molar-refractivity contribution in [3.63, 3.8) is 0 Å². The lowest BCUT2D eigenvalue weighted by atomic mass is 10.0. The zero-order valence-corrected chi connectivity index (χ0v) is 11.9. The quantitative estimate of drug-likeness (QED) is 0.872. The van der Waals surface area contributed by atoms with Crippen molar-refractivity contribution in [1.82, 2.24) is 20.0 Å². The van der Waals surface area contributed by atoms with Crippen LogP contribution in [0.4, 0.5) is 0 Å². The topological polar surface area (TPSA) is 50.2 Å². The highest BCUT2D eigenvalue weighted by atomic mass is 16.2. The molecule has 5 heteroatoms. The Balaban J connectivity index is 1.69. The summed E-state index contributed by atoms with van der Waals surface area (Å²) in [6, 6.07) is 1.59. The van der Waals surface area contributed by atoms with Crippen LogP contribution in [0.1, 0.15) is 32.7 Å². The lowest BCUT2D eigenvalue weighted by molar-refractivity contribution is -0.124. The largest absolute Gasteiger partial charge is 0.353 e. The number of likely N-dealkylation sites (tertiary alicyclic amines) is 1. The van der Waals surface area contributed by atoms with E-state index in [2.05, 4.69) is 22.2 Å². The van der Waals surface area contributed by atoms with Crippen LogP contribution in [0.15, 0.2) is 18.5 Å². The van der Waals surface area contributed by atoms with Gasteiger partial charge in [0.2, 0.25) is 5.91 Å². The van der Waals surface area contributed by atoms with Gasteiger partial charge in [0.05, 0.1) is 0 Å². The fourth-order valence-electron chi connectivity index (χ4n) is 2.60. The number of rotatable bonds is 5. The van der Waals surface area contributed by atoms with Gasteiger partial charge in [0.25, 0.3) is 0 Å². The predicted molar refractivity (Wildman–Crippen MR) is 74.8 cm³/mol. The summed E-state index contributed by atoms with van der Waals surface area (Å²) in [4.78, 5) is 14.4. The summed E-state index contributed by atoms with van der Waals surface area (Å²) in [6.45, 7) is 8.15. The van der Waals surface area contributed by atoms with Crippen molar-refractivity contribution in [2.24, 2.45) is 5.92 Å². The molecular weight excluding hydrogens is 240 g/mol. The number of hydrogen-bond donors (Lipinski definition) is 1. The Bertz CT molecular complexity index is 390. The molecular formula is C14H24N4O. The lowest BCUT2D eigenvalue weighted by Crippen LogP contribution is -2.41. The molecule has 1 aliphatic rings. The molecule has 1 N–H and O–H groups in total. The molecule has 0 aliphatic carbocycles. The molecule has 2 heterocycles. The zero-order valence-electron chi connectivity index (χ0n) is 11.9. The van der Waals surface area contributed by atoms with Gasteiger partial charge in [-0.2, -0.15) is 5.10 Å². The number of piperidine rings is 1. The highest BCUT2D eigenvalue weighted by molar-refractivity contribution is 5.79. The number of nitrogens with zero attached hydrogens (tertiary/aromatic N) is 3. The third-order valence-corrected chi connectivity index (χ3v) is 3.77. The second-order valence-corrected chi connectivity index (χ2v) is 5.50. The Kier molecular flexibility index (Phi) is 4.96. The third kappa shape index (κ3) is 4.06. The number of amides is 1. The van der Waals surface area contributed by atoms with E-state index in [1.54, 1.807) is 10.9 Å². The van der Waals surface area contributed by atoms with Gasteiger partial charge in [-0.1, -0.05) is 6.92 Å². The first kappa shape index (κ1) is 14.1. The van der Waals surface area contributed by atoms with Crippen molar-refractivity contribution >= 4 is 5.91 Å². The molecule has 19 heavy (non-hydrogen) atoms. The molecule has 1 aromatic heterocycles. The maximum atomic E-state index is 12.0. The van der Waals surface area contributed by atoms with Crippen LogP contribution >= 0.6 is 0 Å². The van der Waals surface area contributed by atoms with Crippen molar-refractivity contribution in [2.75, 3.05) is 26.2 Å². The average Bonchev–Trinajstić information content (AvgIpc) is 2.91. The monoisotopic (exact) mass is 264 g/mol. The smallest absolute Gasteiger partial charge is 0.244 e. The van der Waals surface area contributed by atoms with E-state index in [0.29, 0.717) is 0 Å². The van der Waals surface area contributed by atoms with Gasteiger partial charge in [0.1, 0.15) is 6.04 Å². The minimum atomic E-state index is -0.240. The SMILES string of the molecule is CC1CCCN(CCNC(=O)C(C)n2cccn2)C1. The number of hydrogen-bond acceptors (Lipinski definition) is 3. The highest BCUT2D eigenvalue weighted by Gasteiger charge is 2.17. The molecule has 2 rings (SSSR count). The van der Waals surface area contributed by atoms with Gasteiger partial charge < -0.3 is 10.2 Å². The van der Waals surface area contributed by atoms with E-state index >= 15 is 0 Å². The first-order valence-electron chi connectivity index (χ1n) is 7.16. The van der Waals surface area contributed by atoms with E-state index in [1.807, 2.05) is 19.2 Å². The van der Waals surface area contributed by atoms with Crippen LogP contribution in [0.3, 0.4) is 0 Å². The van der Waals surface area contributed by atoms with E-state index in [-0.39, 0.29) is 11.9 Å². The van der Waals surface area contributed by atoms with Crippen LogP contribution in [-0.2, 0) is 4.79 Å². The Morgan fingerprint density at radius 1 is 1.58 bits per heavy atom. The maximum absolute atomic E-state index is 12.0. The van der Waals surface area contributed by atoms with Gasteiger partial charge in [0, 0.05) is 32.0 Å². The van der Waals surface area contributed by atoms with Crippen LogP contribution in [0, 0.1) is 5.92 Å². The molecule has 2 atom stereocenters. The number of aromatic nitrogens is 2. The minimum Gasteiger partial charge on any atom is -0.353 e. The molecule has 2 unspecified atom stereocenters. The predicted octanol–water partition coefficient (Wildman–Crippen LogP) is 1.29. The van der Waals surface area contributed by atoms with Gasteiger partial charge >= 0.3 is 0 Å². The Hall–Kier alpha value is -1.36. The number of carbonyl (C=O) groups excluding carboxylic acids is 1. The Labute approximate surface area is 115 Å². The van der Waals surface area contributed by atoms with Gasteiger partial charge in [-0.25, -0.2) is 0 Å². The number of carbonyl (C=O) groups is 1. The fraction of sp³-hybridized carbons (Fsp3) is 0.714. The summed E-state index contributed by atoms with van der Waals surface area (Å²) in [5, 5.41) is 7.08. The Morgan fingerprint density at radius 3 is 3.11 bits per heavy atom. The van der Waals surface area contributed by atoms with E-state index in [0.717, 1.165) is 32.1 Å². The normalized spacial score (nSPS) is 22.1. The molecule has 0 spiro atoms. The first-order chi connectivity index (χ1) is 9.16. The molecule has 1 amide bonds. The fourth-order valence-corrected chi connectivity index (χ4v) is 2.60. The van der Waals surface area contributed by atoms with Crippen molar-refractivity contribution in [3.05, 3.63) is 18.5 Å². The highest BCUT2D eigenvalue weighted by Crippen LogP contribution is 2.14. The van der Waals surface area contributed by atoms with Crippen LogP contribution < -0.4 is 5.32 Å². The summed E-state index contributed by atoms with van der Waals surface area (Å²) < 4.78 is 1.68. The van der Waals surface area contributed by atoms with Crippen molar-refractivity contribution in [2.45, 2.75) is 32.7 Å². The molecule has 1 fully saturated rings. The summed E-state index contributed by atoms with van der Waals surface area (Å²) in [7, 11) is 0. The second kappa shape index (κ2) is 6.70.